The minimum Gasteiger partial charge on any atom is -0.326 e. The molecule has 1 aliphatic rings. The molecule has 1 aromatic carbocycles. The SMILES string of the molecule is O=C(Nc1ccc(C(F)(F)F)cc1)C1CC=CCC1. The molecular weight excluding hydrogens is 255 g/mol. The highest BCUT2D eigenvalue weighted by molar-refractivity contribution is 5.92. The van der Waals surface area contributed by atoms with Crippen molar-refractivity contribution in [3.63, 3.8) is 0 Å². The Morgan fingerprint density at radius 1 is 1.16 bits per heavy atom. The first-order chi connectivity index (χ1) is 8.97. The Bertz CT molecular complexity index is 476. The number of benzene rings is 1. The number of carbonyl (C=O) groups excluding carboxylic acids is 1. The summed E-state index contributed by atoms with van der Waals surface area (Å²) < 4.78 is 37.1. The van der Waals surface area contributed by atoms with E-state index in [0.717, 1.165) is 25.0 Å². The van der Waals surface area contributed by atoms with Crippen LogP contribution in [-0.4, -0.2) is 5.91 Å². The van der Waals surface area contributed by atoms with Crippen LogP contribution in [0, 0.1) is 5.92 Å². The van der Waals surface area contributed by atoms with E-state index >= 15 is 0 Å². The molecule has 1 amide bonds. The van der Waals surface area contributed by atoms with Gasteiger partial charge in [0.2, 0.25) is 5.91 Å². The van der Waals surface area contributed by atoms with Gasteiger partial charge in [-0.25, -0.2) is 0 Å². The maximum atomic E-state index is 12.4. The lowest BCUT2D eigenvalue weighted by atomic mass is 9.93. The lowest BCUT2D eigenvalue weighted by molar-refractivity contribution is -0.137. The summed E-state index contributed by atoms with van der Waals surface area (Å²) in [7, 11) is 0. The van der Waals surface area contributed by atoms with Gasteiger partial charge in [-0.1, -0.05) is 12.2 Å². The third-order valence-electron chi connectivity index (χ3n) is 3.12. The largest absolute Gasteiger partial charge is 0.416 e. The molecule has 0 saturated carbocycles. The first kappa shape index (κ1) is 13.6. The van der Waals surface area contributed by atoms with Crippen molar-refractivity contribution in [2.24, 2.45) is 5.92 Å². The summed E-state index contributed by atoms with van der Waals surface area (Å²) in [4.78, 5) is 11.9. The fraction of sp³-hybridized carbons (Fsp3) is 0.357. The van der Waals surface area contributed by atoms with Crippen LogP contribution < -0.4 is 5.32 Å². The van der Waals surface area contributed by atoms with Crippen molar-refractivity contribution in [1.82, 2.24) is 0 Å². The van der Waals surface area contributed by atoms with Gasteiger partial charge in [0.25, 0.3) is 0 Å². The number of anilines is 1. The topological polar surface area (TPSA) is 29.1 Å². The molecule has 2 rings (SSSR count). The van der Waals surface area contributed by atoms with E-state index in [2.05, 4.69) is 5.32 Å². The van der Waals surface area contributed by atoms with Crippen molar-refractivity contribution in [1.29, 1.82) is 0 Å². The van der Waals surface area contributed by atoms with Crippen LogP contribution >= 0.6 is 0 Å². The Hall–Kier alpha value is -1.78. The number of amides is 1. The molecule has 0 aliphatic heterocycles. The first-order valence-electron chi connectivity index (χ1n) is 6.10. The van der Waals surface area contributed by atoms with E-state index < -0.39 is 11.7 Å². The van der Waals surface area contributed by atoms with Gasteiger partial charge in [0.1, 0.15) is 0 Å². The molecule has 2 nitrogen and oxygen atoms in total. The normalized spacial score (nSPS) is 19.2. The van der Waals surface area contributed by atoms with Crippen LogP contribution in [0.25, 0.3) is 0 Å². The molecule has 0 spiro atoms. The van der Waals surface area contributed by atoms with Crippen molar-refractivity contribution < 1.29 is 18.0 Å². The number of carbonyl (C=O) groups is 1. The second-order valence-electron chi connectivity index (χ2n) is 4.55. The summed E-state index contributed by atoms with van der Waals surface area (Å²) in [6.07, 6.45) is 1.97. The zero-order valence-electron chi connectivity index (χ0n) is 10.2. The number of alkyl halides is 3. The maximum absolute atomic E-state index is 12.4. The molecule has 0 heterocycles. The molecule has 102 valence electrons. The van der Waals surface area contributed by atoms with E-state index in [4.69, 9.17) is 0 Å². The van der Waals surface area contributed by atoms with Gasteiger partial charge in [-0.3, -0.25) is 4.79 Å². The molecule has 1 N–H and O–H groups in total. The number of rotatable bonds is 2. The lowest BCUT2D eigenvalue weighted by Gasteiger charge is -2.17. The van der Waals surface area contributed by atoms with Crippen molar-refractivity contribution in [3.05, 3.63) is 42.0 Å². The van der Waals surface area contributed by atoms with Crippen LogP contribution in [0.3, 0.4) is 0 Å². The molecule has 0 fully saturated rings. The highest BCUT2D eigenvalue weighted by Gasteiger charge is 2.30. The lowest BCUT2D eigenvalue weighted by Crippen LogP contribution is -2.23. The quantitative estimate of drug-likeness (QED) is 0.808. The molecule has 1 atom stereocenters. The van der Waals surface area contributed by atoms with Crippen LogP contribution in [0.5, 0.6) is 0 Å². The molecule has 1 aliphatic carbocycles. The predicted octanol–water partition coefficient (Wildman–Crippen LogP) is 4.00. The molecule has 0 radical (unpaired) electrons. The summed E-state index contributed by atoms with van der Waals surface area (Å²) in [5, 5.41) is 2.65. The summed E-state index contributed by atoms with van der Waals surface area (Å²) in [6.45, 7) is 0. The minimum absolute atomic E-state index is 0.0905. The first-order valence-corrected chi connectivity index (χ1v) is 6.10. The Morgan fingerprint density at radius 3 is 2.37 bits per heavy atom. The third-order valence-corrected chi connectivity index (χ3v) is 3.12. The van der Waals surface area contributed by atoms with Crippen molar-refractivity contribution in [3.8, 4) is 0 Å². The molecule has 1 unspecified atom stereocenters. The van der Waals surface area contributed by atoms with E-state index in [-0.39, 0.29) is 11.8 Å². The minimum atomic E-state index is -4.35. The summed E-state index contributed by atoms with van der Waals surface area (Å²) in [5.41, 5.74) is -0.321. The van der Waals surface area contributed by atoms with Crippen LogP contribution in [0.2, 0.25) is 0 Å². The summed E-state index contributed by atoms with van der Waals surface area (Å²) >= 11 is 0. The maximum Gasteiger partial charge on any atom is 0.416 e. The number of allylic oxidation sites excluding steroid dienone is 2. The van der Waals surface area contributed by atoms with Crippen molar-refractivity contribution in [2.45, 2.75) is 25.4 Å². The van der Waals surface area contributed by atoms with E-state index in [9.17, 15) is 18.0 Å². The molecule has 0 saturated heterocycles. The highest BCUT2D eigenvalue weighted by Crippen LogP contribution is 2.30. The second-order valence-corrected chi connectivity index (χ2v) is 4.55. The number of nitrogens with one attached hydrogen (secondary N) is 1. The summed E-state index contributed by atoms with van der Waals surface area (Å²) in [5.74, 6) is -0.226. The average molecular weight is 269 g/mol. The summed E-state index contributed by atoms with van der Waals surface area (Å²) in [6, 6.07) is 4.49. The van der Waals surface area contributed by atoms with E-state index in [1.807, 2.05) is 12.2 Å². The Morgan fingerprint density at radius 2 is 1.84 bits per heavy atom. The number of hydrogen-bond acceptors (Lipinski definition) is 1. The van der Waals surface area contributed by atoms with E-state index in [1.165, 1.54) is 12.1 Å². The van der Waals surface area contributed by atoms with Gasteiger partial charge < -0.3 is 5.32 Å². The number of halogens is 3. The molecule has 0 bridgehead atoms. The Labute approximate surface area is 109 Å². The molecule has 19 heavy (non-hydrogen) atoms. The second kappa shape index (κ2) is 5.47. The van der Waals surface area contributed by atoms with Gasteiger partial charge in [0.15, 0.2) is 0 Å². The van der Waals surface area contributed by atoms with Gasteiger partial charge in [-0.15, -0.1) is 0 Å². The van der Waals surface area contributed by atoms with Gasteiger partial charge in [-0.2, -0.15) is 13.2 Å². The van der Waals surface area contributed by atoms with Crippen LogP contribution in [0.15, 0.2) is 36.4 Å². The smallest absolute Gasteiger partial charge is 0.326 e. The van der Waals surface area contributed by atoms with Crippen LogP contribution in [0.4, 0.5) is 18.9 Å². The Balaban J connectivity index is 1.99. The van der Waals surface area contributed by atoms with Crippen LogP contribution in [-0.2, 0) is 11.0 Å². The number of hydrogen-bond donors (Lipinski definition) is 1. The third kappa shape index (κ3) is 3.59. The average Bonchev–Trinajstić information content (AvgIpc) is 2.39. The molecule has 1 aromatic rings. The molecule has 0 aromatic heterocycles. The van der Waals surface area contributed by atoms with Gasteiger partial charge >= 0.3 is 6.18 Å². The van der Waals surface area contributed by atoms with Crippen molar-refractivity contribution in [2.75, 3.05) is 5.32 Å². The Kier molecular flexibility index (Phi) is 3.93. The zero-order chi connectivity index (χ0) is 13.9. The predicted molar refractivity (Wildman–Crippen MR) is 66.6 cm³/mol. The van der Waals surface area contributed by atoms with Gasteiger partial charge in [-0.05, 0) is 43.5 Å². The van der Waals surface area contributed by atoms with Gasteiger partial charge in [0, 0.05) is 11.6 Å². The molecule has 5 heteroatoms. The zero-order valence-corrected chi connectivity index (χ0v) is 10.2. The van der Waals surface area contributed by atoms with E-state index in [1.54, 1.807) is 0 Å². The standard InChI is InChI=1S/C14H14F3NO/c15-14(16,17)11-6-8-12(9-7-11)18-13(19)10-4-2-1-3-5-10/h1-2,6-10H,3-5H2,(H,18,19). The monoisotopic (exact) mass is 269 g/mol. The fourth-order valence-electron chi connectivity index (χ4n) is 2.02. The van der Waals surface area contributed by atoms with Gasteiger partial charge in [0.05, 0.1) is 5.56 Å². The molecular formula is C14H14F3NO. The highest BCUT2D eigenvalue weighted by atomic mass is 19.4. The van der Waals surface area contributed by atoms with E-state index in [0.29, 0.717) is 12.1 Å². The van der Waals surface area contributed by atoms with Crippen molar-refractivity contribution >= 4 is 11.6 Å². The van der Waals surface area contributed by atoms with Crippen LogP contribution in [0.1, 0.15) is 24.8 Å². The fourth-order valence-corrected chi connectivity index (χ4v) is 2.02.